The maximum atomic E-state index is 14.1. The first kappa shape index (κ1) is 15.2. The Bertz CT molecular complexity index is 1040. The summed E-state index contributed by atoms with van der Waals surface area (Å²) in [5, 5.41) is 3.70. The van der Waals surface area contributed by atoms with Crippen molar-refractivity contribution in [3.8, 4) is 33.7 Å². The molecule has 0 spiro atoms. The van der Waals surface area contributed by atoms with E-state index < -0.39 is 17.6 Å². The van der Waals surface area contributed by atoms with Gasteiger partial charge in [-0.1, -0.05) is 17.3 Å². The van der Waals surface area contributed by atoms with Gasteiger partial charge in [0.25, 0.3) is 0 Å². The lowest BCUT2D eigenvalue weighted by Gasteiger charge is -2.02. The molecule has 3 heterocycles. The van der Waals surface area contributed by atoms with E-state index in [4.69, 9.17) is 4.52 Å². The predicted molar refractivity (Wildman–Crippen MR) is 84.8 cm³/mol. The molecule has 0 radical (unpaired) electrons. The first-order valence-electron chi connectivity index (χ1n) is 7.33. The Hall–Kier alpha value is -3.35. The molecule has 0 saturated carbocycles. The van der Waals surface area contributed by atoms with Gasteiger partial charge >= 0.3 is 0 Å². The van der Waals surface area contributed by atoms with Gasteiger partial charge in [-0.3, -0.25) is 0 Å². The Morgan fingerprint density at radius 3 is 2.60 bits per heavy atom. The van der Waals surface area contributed by atoms with E-state index in [1.807, 2.05) is 0 Å². The maximum Gasteiger partial charge on any atom is 0.212 e. The molecule has 0 aliphatic carbocycles. The average molecular weight is 341 g/mol. The van der Waals surface area contributed by atoms with E-state index in [2.05, 4.69) is 15.1 Å². The monoisotopic (exact) mass is 341 g/mol. The minimum absolute atomic E-state index is 0.0578. The molecule has 4 aromatic rings. The highest BCUT2D eigenvalue weighted by Gasteiger charge is 2.19. The Labute approximate surface area is 139 Å². The van der Waals surface area contributed by atoms with E-state index in [1.165, 1.54) is 30.6 Å². The quantitative estimate of drug-likeness (QED) is 0.544. The largest absolute Gasteiger partial charge is 0.360 e. The molecule has 4 nitrogen and oxygen atoms in total. The second-order valence-electron chi connectivity index (χ2n) is 5.34. The Morgan fingerprint density at radius 1 is 0.920 bits per heavy atom. The van der Waals surface area contributed by atoms with Crippen molar-refractivity contribution in [1.29, 1.82) is 0 Å². The number of nitrogens with one attached hydrogen (secondary N) is 1. The van der Waals surface area contributed by atoms with Crippen molar-refractivity contribution < 1.29 is 17.7 Å². The number of H-pyrrole nitrogens is 1. The van der Waals surface area contributed by atoms with Crippen molar-refractivity contribution in [3.63, 3.8) is 0 Å². The first-order valence-corrected chi connectivity index (χ1v) is 7.33. The molecular weight excluding hydrogens is 331 g/mol. The lowest BCUT2D eigenvalue weighted by atomic mass is 10.0. The number of benzene rings is 1. The van der Waals surface area contributed by atoms with Gasteiger partial charge in [0.05, 0.1) is 11.8 Å². The highest BCUT2D eigenvalue weighted by molar-refractivity contribution is 5.81. The zero-order valence-electron chi connectivity index (χ0n) is 12.6. The third-order valence-electron chi connectivity index (χ3n) is 3.80. The molecule has 0 bridgehead atoms. The van der Waals surface area contributed by atoms with Crippen molar-refractivity contribution in [3.05, 3.63) is 72.6 Å². The van der Waals surface area contributed by atoms with Crippen LogP contribution < -0.4 is 0 Å². The van der Waals surface area contributed by atoms with Crippen molar-refractivity contribution in [1.82, 2.24) is 15.1 Å². The number of rotatable bonds is 3. The van der Waals surface area contributed by atoms with Gasteiger partial charge in [-0.2, -0.15) is 4.39 Å². The number of aromatic nitrogens is 3. The zero-order chi connectivity index (χ0) is 17.4. The lowest BCUT2D eigenvalue weighted by molar-refractivity contribution is 0.432. The molecule has 0 aliphatic rings. The van der Waals surface area contributed by atoms with E-state index in [1.54, 1.807) is 18.3 Å². The number of halogens is 3. The molecule has 0 saturated heterocycles. The summed E-state index contributed by atoms with van der Waals surface area (Å²) in [6.07, 6.45) is 4.36. The molecule has 7 heteroatoms. The van der Waals surface area contributed by atoms with Crippen LogP contribution in [0.4, 0.5) is 13.2 Å². The van der Waals surface area contributed by atoms with E-state index in [0.717, 1.165) is 6.07 Å². The SMILES string of the molecule is Fc1ccc(-c2cc(-c3oncc3-c3cccc(F)c3F)c[nH]2)cn1. The number of hydrogen-bond donors (Lipinski definition) is 1. The van der Waals surface area contributed by atoms with E-state index in [0.29, 0.717) is 28.1 Å². The number of pyridine rings is 1. The smallest absolute Gasteiger partial charge is 0.212 e. The number of nitrogens with zero attached hydrogens (tertiary/aromatic N) is 2. The summed E-state index contributed by atoms with van der Waals surface area (Å²) < 4.78 is 45.7. The fraction of sp³-hybridized carbons (Fsp3) is 0. The highest BCUT2D eigenvalue weighted by atomic mass is 19.2. The van der Waals surface area contributed by atoms with Crippen LogP contribution in [-0.2, 0) is 0 Å². The van der Waals surface area contributed by atoms with Gasteiger partial charge in [-0.05, 0) is 24.3 Å². The zero-order valence-corrected chi connectivity index (χ0v) is 12.6. The molecule has 4 rings (SSSR count). The fourth-order valence-corrected chi connectivity index (χ4v) is 2.58. The third-order valence-corrected chi connectivity index (χ3v) is 3.80. The molecule has 0 amide bonds. The van der Waals surface area contributed by atoms with E-state index in [9.17, 15) is 13.2 Å². The van der Waals surface area contributed by atoms with Gasteiger partial charge < -0.3 is 9.51 Å². The Morgan fingerprint density at radius 2 is 1.80 bits per heavy atom. The molecule has 0 unspecified atom stereocenters. The summed E-state index contributed by atoms with van der Waals surface area (Å²) in [5.74, 6) is -2.20. The van der Waals surface area contributed by atoms with Crippen molar-refractivity contribution in [2.45, 2.75) is 0 Å². The number of hydrogen-bond acceptors (Lipinski definition) is 3. The molecule has 0 aliphatic heterocycles. The van der Waals surface area contributed by atoms with Crippen LogP contribution in [0, 0.1) is 17.6 Å². The van der Waals surface area contributed by atoms with Crippen molar-refractivity contribution in [2.75, 3.05) is 0 Å². The summed E-state index contributed by atoms with van der Waals surface area (Å²) in [4.78, 5) is 6.62. The number of aromatic amines is 1. The van der Waals surface area contributed by atoms with Crippen LogP contribution in [0.25, 0.3) is 33.7 Å². The molecule has 25 heavy (non-hydrogen) atoms. The van der Waals surface area contributed by atoms with Gasteiger partial charge in [-0.15, -0.1) is 0 Å². The topological polar surface area (TPSA) is 54.7 Å². The van der Waals surface area contributed by atoms with Crippen LogP contribution in [0.1, 0.15) is 0 Å². The summed E-state index contributed by atoms with van der Waals surface area (Å²) in [7, 11) is 0. The van der Waals surface area contributed by atoms with Gasteiger partial charge in [0.1, 0.15) is 0 Å². The first-order chi connectivity index (χ1) is 12.1. The Balaban J connectivity index is 1.76. The summed E-state index contributed by atoms with van der Waals surface area (Å²) in [6.45, 7) is 0. The Kier molecular flexibility index (Phi) is 3.61. The molecule has 124 valence electrons. The van der Waals surface area contributed by atoms with Crippen molar-refractivity contribution in [2.24, 2.45) is 0 Å². The summed E-state index contributed by atoms with van der Waals surface area (Å²) in [6, 6.07) is 8.46. The summed E-state index contributed by atoms with van der Waals surface area (Å²) in [5.41, 5.74) is 2.33. The van der Waals surface area contributed by atoms with Gasteiger partial charge in [0, 0.05) is 34.8 Å². The van der Waals surface area contributed by atoms with Crippen LogP contribution in [0.5, 0.6) is 0 Å². The van der Waals surface area contributed by atoms with Crippen molar-refractivity contribution >= 4 is 0 Å². The standard InChI is InChI=1S/C18H10F3N3O/c19-14-3-1-2-12(17(14)21)13-9-24-25-18(13)11-6-15(22-8-11)10-4-5-16(20)23-7-10/h1-9,22H. The second kappa shape index (κ2) is 5.94. The fourth-order valence-electron chi connectivity index (χ4n) is 2.58. The molecule has 0 fully saturated rings. The van der Waals surface area contributed by atoms with Crippen LogP contribution in [0.3, 0.4) is 0 Å². The minimum atomic E-state index is -0.967. The maximum absolute atomic E-state index is 14.1. The van der Waals surface area contributed by atoms with E-state index in [-0.39, 0.29) is 5.56 Å². The molecular formula is C18H10F3N3O. The predicted octanol–water partition coefficient (Wildman–Crippen LogP) is 4.82. The van der Waals surface area contributed by atoms with Crippen LogP contribution in [-0.4, -0.2) is 15.1 Å². The highest BCUT2D eigenvalue weighted by Crippen LogP contribution is 2.35. The van der Waals surface area contributed by atoms with Crippen LogP contribution in [0.2, 0.25) is 0 Å². The normalized spacial score (nSPS) is 11.0. The van der Waals surface area contributed by atoms with Gasteiger partial charge in [0.2, 0.25) is 5.95 Å². The van der Waals surface area contributed by atoms with Crippen LogP contribution in [0.15, 0.2) is 59.5 Å². The molecule has 1 aromatic carbocycles. The third kappa shape index (κ3) is 2.69. The molecule has 3 aromatic heterocycles. The lowest BCUT2D eigenvalue weighted by Crippen LogP contribution is -1.89. The minimum Gasteiger partial charge on any atom is -0.360 e. The van der Waals surface area contributed by atoms with Crippen LogP contribution >= 0.6 is 0 Å². The molecule has 1 N–H and O–H groups in total. The average Bonchev–Trinajstić information content (AvgIpc) is 3.27. The van der Waals surface area contributed by atoms with E-state index >= 15 is 0 Å². The summed E-state index contributed by atoms with van der Waals surface area (Å²) >= 11 is 0. The second-order valence-corrected chi connectivity index (χ2v) is 5.34. The van der Waals surface area contributed by atoms with Gasteiger partial charge in [0.15, 0.2) is 17.4 Å². The van der Waals surface area contributed by atoms with Gasteiger partial charge in [-0.25, -0.2) is 13.8 Å². The molecule has 0 atom stereocenters.